The van der Waals surface area contributed by atoms with Gasteiger partial charge in [-0.25, -0.2) is 4.98 Å². The van der Waals surface area contributed by atoms with Gasteiger partial charge in [-0.3, -0.25) is 0 Å². The lowest BCUT2D eigenvalue weighted by Crippen LogP contribution is -2.36. The van der Waals surface area contributed by atoms with Crippen LogP contribution in [0.3, 0.4) is 0 Å². The van der Waals surface area contributed by atoms with Gasteiger partial charge in [0.05, 0.1) is 6.04 Å². The maximum atomic E-state index is 5.04. The molecule has 0 spiro atoms. The minimum Gasteiger partial charge on any atom is -0.363 e. The first kappa shape index (κ1) is 9.98. The largest absolute Gasteiger partial charge is 0.363 e. The average Bonchev–Trinajstić information content (AvgIpc) is 2.55. The third kappa shape index (κ3) is 3.02. The summed E-state index contributed by atoms with van der Waals surface area (Å²) in [7, 11) is 0. The van der Waals surface area contributed by atoms with Crippen molar-refractivity contribution in [3.63, 3.8) is 0 Å². The van der Waals surface area contributed by atoms with E-state index in [4.69, 9.17) is 12.2 Å². The van der Waals surface area contributed by atoms with Crippen molar-refractivity contribution in [1.82, 2.24) is 20.6 Å². The molecule has 1 rings (SSSR count). The van der Waals surface area contributed by atoms with Crippen LogP contribution in [0.15, 0.2) is 12.4 Å². The van der Waals surface area contributed by atoms with Gasteiger partial charge in [-0.2, -0.15) is 0 Å². The van der Waals surface area contributed by atoms with E-state index in [0.29, 0.717) is 5.11 Å². The van der Waals surface area contributed by atoms with E-state index < -0.39 is 0 Å². The quantitative estimate of drug-likeness (QED) is 0.633. The van der Waals surface area contributed by atoms with Crippen molar-refractivity contribution in [1.29, 1.82) is 0 Å². The summed E-state index contributed by atoms with van der Waals surface area (Å²) in [5.74, 6) is 0.889. The molecule has 0 aliphatic heterocycles. The SMILES string of the molecule is CCNC(=S)NC(C)c1ncc[nH]1. The van der Waals surface area contributed by atoms with E-state index >= 15 is 0 Å². The monoisotopic (exact) mass is 198 g/mol. The van der Waals surface area contributed by atoms with Gasteiger partial charge >= 0.3 is 0 Å². The van der Waals surface area contributed by atoms with E-state index in [1.54, 1.807) is 12.4 Å². The van der Waals surface area contributed by atoms with Crippen molar-refractivity contribution in [2.45, 2.75) is 19.9 Å². The molecular weight excluding hydrogens is 184 g/mol. The van der Waals surface area contributed by atoms with Crippen LogP contribution in [0.25, 0.3) is 0 Å². The number of H-pyrrole nitrogens is 1. The van der Waals surface area contributed by atoms with Crippen LogP contribution >= 0.6 is 12.2 Å². The summed E-state index contributed by atoms with van der Waals surface area (Å²) in [5, 5.41) is 6.79. The number of hydrogen-bond acceptors (Lipinski definition) is 2. The van der Waals surface area contributed by atoms with Gasteiger partial charge < -0.3 is 15.6 Å². The van der Waals surface area contributed by atoms with Gasteiger partial charge in [-0.1, -0.05) is 0 Å². The minimum atomic E-state index is 0.113. The maximum Gasteiger partial charge on any atom is 0.166 e. The molecule has 0 fully saturated rings. The lowest BCUT2D eigenvalue weighted by Gasteiger charge is -2.13. The fourth-order valence-corrected chi connectivity index (χ4v) is 1.31. The molecule has 13 heavy (non-hydrogen) atoms. The fourth-order valence-electron chi connectivity index (χ4n) is 0.991. The van der Waals surface area contributed by atoms with E-state index in [1.165, 1.54) is 0 Å². The van der Waals surface area contributed by atoms with Gasteiger partial charge in [0.2, 0.25) is 0 Å². The van der Waals surface area contributed by atoms with Gasteiger partial charge in [0.15, 0.2) is 5.11 Å². The molecule has 4 nitrogen and oxygen atoms in total. The molecule has 1 aromatic rings. The van der Waals surface area contributed by atoms with Gasteiger partial charge in [0.25, 0.3) is 0 Å². The summed E-state index contributed by atoms with van der Waals surface area (Å²) in [6.45, 7) is 4.84. The Bertz CT molecular complexity index is 257. The molecule has 1 unspecified atom stereocenters. The van der Waals surface area contributed by atoms with E-state index in [1.807, 2.05) is 13.8 Å². The molecule has 72 valence electrons. The fraction of sp³-hybridized carbons (Fsp3) is 0.500. The second-order valence-electron chi connectivity index (χ2n) is 2.70. The van der Waals surface area contributed by atoms with Crippen molar-refractivity contribution in [2.75, 3.05) is 6.54 Å². The molecule has 0 aromatic carbocycles. The number of nitrogens with one attached hydrogen (secondary N) is 3. The van der Waals surface area contributed by atoms with Crippen molar-refractivity contribution in [3.8, 4) is 0 Å². The summed E-state index contributed by atoms with van der Waals surface area (Å²) in [4.78, 5) is 7.15. The number of aromatic nitrogens is 2. The molecule has 1 aromatic heterocycles. The molecule has 0 bridgehead atoms. The van der Waals surface area contributed by atoms with E-state index in [-0.39, 0.29) is 6.04 Å². The topological polar surface area (TPSA) is 52.7 Å². The Balaban J connectivity index is 2.42. The van der Waals surface area contributed by atoms with Crippen LogP contribution in [0.4, 0.5) is 0 Å². The second kappa shape index (κ2) is 4.81. The average molecular weight is 198 g/mol. The molecule has 0 radical (unpaired) electrons. The molecule has 0 aliphatic rings. The summed E-state index contributed by atoms with van der Waals surface area (Å²) >= 11 is 5.04. The number of imidazole rings is 1. The normalized spacial score (nSPS) is 12.2. The van der Waals surface area contributed by atoms with Crippen LogP contribution in [0.2, 0.25) is 0 Å². The van der Waals surface area contributed by atoms with Crippen LogP contribution in [0, 0.1) is 0 Å². The molecule has 0 saturated heterocycles. The Morgan fingerprint density at radius 3 is 3.08 bits per heavy atom. The lowest BCUT2D eigenvalue weighted by molar-refractivity contribution is 0.663. The molecule has 1 atom stereocenters. The van der Waals surface area contributed by atoms with Gasteiger partial charge in [-0.15, -0.1) is 0 Å². The number of rotatable bonds is 3. The highest BCUT2D eigenvalue weighted by Crippen LogP contribution is 2.03. The third-order valence-corrected chi connectivity index (χ3v) is 1.88. The van der Waals surface area contributed by atoms with Crippen molar-refractivity contribution < 1.29 is 0 Å². The van der Waals surface area contributed by atoms with Crippen molar-refractivity contribution >= 4 is 17.3 Å². The van der Waals surface area contributed by atoms with Gasteiger partial charge in [0.1, 0.15) is 5.82 Å². The zero-order chi connectivity index (χ0) is 9.68. The number of aromatic amines is 1. The standard InChI is InChI=1S/C8H14N4S/c1-3-9-8(13)12-6(2)7-10-4-5-11-7/h4-6H,3H2,1-2H3,(H,10,11)(H2,9,12,13). The number of nitrogens with zero attached hydrogens (tertiary/aromatic N) is 1. The zero-order valence-electron chi connectivity index (χ0n) is 7.79. The van der Waals surface area contributed by atoms with Crippen LogP contribution < -0.4 is 10.6 Å². The van der Waals surface area contributed by atoms with Crippen molar-refractivity contribution in [3.05, 3.63) is 18.2 Å². The highest BCUT2D eigenvalue weighted by Gasteiger charge is 2.07. The summed E-state index contributed by atoms with van der Waals surface area (Å²) in [5.41, 5.74) is 0. The zero-order valence-corrected chi connectivity index (χ0v) is 8.61. The Hall–Kier alpha value is -1.10. The molecule has 3 N–H and O–H groups in total. The van der Waals surface area contributed by atoms with E-state index in [0.717, 1.165) is 12.4 Å². The molecule has 0 saturated carbocycles. The van der Waals surface area contributed by atoms with Crippen molar-refractivity contribution in [2.24, 2.45) is 0 Å². The number of hydrogen-bond donors (Lipinski definition) is 3. The van der Waals surface area contributed by atoms with Crippen LogP contribution in [0.1, 0.15) is 25.7 Å². The summed E-state index contributed by atoms with van der Waals surface area (Å²) in [6.07, 6.45) is 3.52. The van der Waals surface area contributed by atoms with Crippen LogP contribution in [-0.2, 0) is 0 Å². The molecule has 0 amide bonds. The van der Waals surface area contributed by atoms with Gasteiger partial charge in [-0.05, 0) is 26.1 Å². The van der Waals surface area contributed by atoms with E-state index in [2.05, 4.69) is 20.6 Å². The minimum absolute atomic E-state index is 0.113. The highest BCUT2D eigenvalue weighted by atomic mass is 32.1. The Labute approximate surface area is 83.1 Å². The van der Waals surface area contributed by atoms with Gasteiger partial charge in [0, 0.05) is 18.9 Å². The van der Waals surface area contributed by atoms with E-state index in [9.17, 15) is 0 Å². The summed E-state index contributed by atoms with van der Waals surface area (Å²) in [6, 6.07) is 0.113. The highest BCUT2D eigenvalue weighted by molar-refractivity contribution is 7.80. The predicted molar refractivity (Wildman–Crippen MR) is 56.4 cm³/mol. The maximum absolute atomic E-state index is 5.04. The Morgan fingerprint density at radius 1 is 1.77 bits per heavy atom. The first-order valence-electron chi connectivity index (χ1n) is 4.27. The third-order valence-electron chi connectivity index (χ3n) is 1.61. The summed E-state index contributed by atoms with van der Waals surface area (Å²) < 4.78 is 0. The molecule has 5 heteroatoms. The smallest absolute Gasteiger partial charge is 0.166 e. The van der Waals surface area contributed by atoms with Crippen LogP contribution in [-0.4, -0.2) is 21.6 Å². The first-order valence-corrected chi connectivity index (χ1v) is 4.68. The molecule has 1 heterocycles. The molecular formula is C8H14N4S. The lowest BCUT2D eigenvalue weighted by atomic mass is 10.3. The number of thiocarbonyl (C=S) groups is 1. The second-order valence-corrected chi connectivity index (χ2v) is 3.11. The Kier molecular flexibility index (Phi) is 3.70. The predicted octanol–water partition coefficient (Wildman–Crippen LogP) is 0.955. The molecule has 0 aliphatic carbocycles. The van der Waals surface area contributed by atoms with Crippen LogP contribution in [0.5, 0.6) is 0 Å². The first-order chi connectivity index (χ1) is 6.24. The Morgan fingerprint density at radius 2 is 2.54 bits per heavy atom.